The maximum atomic E-state index is 12.4. The van der Waals surface area contributed by atoms with Crippen molar-refractivity contribution >= 4 is 10.0 Å². The highest BCUT2D eigenvalue weighted by Crippen LogP contribution is 2.26. The van der Waals surface area contributed by atoms with E-state index >= 15 is 0 Å². The second kappa shape index (κ2) is 4.71. The van der Waals surface area contributed by atoms with Crippen LogP contribution >= 0.6 is 0 Å². The van der Waals surface area contributed by atoms with E-state index in [0.29, 0.717) is 13.1 Å². The normalized spacial score (nSPS) is 20.7. The molecule has 0 amide bonds. The van der Waals surface area contributed by atoms with Crippen molar-refractivity contribution in [3.8, 4) is 0 Å². The zero-order valence-corrected chi connectivity index (χ0v) is 10.9. The minimum absolute atomic E-state index is 0.0500. The Balaban J connectivity index is 1.81. The molecule has 0 spiro atoms. The third-order valence-corrected chi connectivity index (χ3v) is 5.06. The topological polar surface area (TPSA) is 81.0 Å². The van der Waals surface area contributed by atoms with E-state index in [1.54, 1.807) is 35.4 Å². The summed E-state index contributed by atoms with van der Waals surface area (Å²) in [6.07, 6.45) is 7.02. The zero-order chi connectivity index (χ0) is 13.3. The van der Waals surface area contributed by atoms with E-state index in [0.717, 1.165) is 6.42 Å². The van der Waals surface area contributed by atoms with Crippen molar-refractivity contribution in [2.45, 2.75) is 17.4 Å². The standard InChI is InChI=1S/C11H13N5O2S/c17-19(18,11-2-1-4-12-8-11)15-6-3-10(9-15)16-7-5-13-14-16/h1-2,4-5,7-8,10H,3,6,9H2/t10-/m0/s1. The molecule has 3 rings (SSSR count). The molecule has 3 heterocycles. The molecule has 7 nitrogen and oxygen atoms in total. The van der Waals surface area contributed by atoms with E-state index in [4.69, 9.17) is 0 Å². The molecule has 1 aliphatic rings. The maximum absolute atomic E-state index is 12.4. The summed E-state index contributed by atoms with van der Waals surface area (Å²) >= 11 is 0. The fourth-order valence-electron chi connectivity index (χ4n) is 2.21. The number of rotatable bonds is 3. The molecule has 1 saturated heterocycles. The van der Waals surface area contributed by atoms with Crippen molar-refractivity contribution < 1.29 is 8.42 Å². The van der Waals surface area contributed by atoms with Crippen molar-refractivity contribution in [2.75, 3.05) is 13.1 Å². The molecule has 2 aromatic rings. The lowest BCUT2D eigenvalue weighted by Crippen LogP contribution is -2.29. The van der Waals surface area contributed by atoms with Crippen molar-refractivity contribution in [3.05, 3.63) is 36.9 Å². The van der Waals surface area contributed by atoms with Gasteiger partial charge in [0.25, 0.3) is 0 Å². The summed E-state index contributed by atoms with van der Waals surface area (Å²) in [5.74, 6) is 0. The first-order valence-corrected chi connectivity index (χ1v) is 7.38. The highest BCUT2D eigenvalue weighted by atomic mass is 32.2. The Morgan fingerprint density at radius 2 is 2.21 bits per heavy atom. The lowest BCUT2D eigenvalue weighted by molar-refractivity contribution is 0.428. The predicted molar refractivity (Wildman–Crippen MR) is 66.7 cm³/mol. The minimum Gasteiger partial charge on any atom is -0.263 e. The second-order valence-corrected chi connectivity index (χ2v) is 6.32. The van der Waals surface area contributed by atoms with Crippen LogP contribution in [0, 0.1) is 0 Å². The largest absolute Gasteiger partial charge is 0.263 e. The molecule has 0 radical (unpaired) electrons. The van der Waals surface area contributed by atoms with Gasteiger partial charge in [0.2, 0.25) is 10.0 Å². The highest BCUT2D eigenvalue weighted by Gasteiger charge is 2.33. The van der Waals surface area contributed by atoms with Crippen LogP contribution in [0.4, 0.5) is 0 Å². The van der Waals surface area contributed by atoms with E-state index in [9.17, 15) is 8.42 Å². The fraction of sp³-hybridized carbons (Fsp3) is 0.364. The Bertz CT molecular complexity index is 641. The lowest BCUT2D eigenvalue weighted by atomic mass is 10.3. The van der Waals surface area contributed by atoms with Gasteiger partial charge >= 0.3 is 0 Å². The van der Waals surface area contributed by atoms with Crippen LogP contribution in [0.1, 0.15) is 12.5 Å². The fourth-order valence-corrected chi connectivity index (χ4v) is 3.66. The molecule has 0 N–H and O–H groups in total. The van der Waals surface area contributed by atoms with E-state index < -0.39 is 10.0 Å². The van der Waals surface area contributed by atoms with Gasteiger partial charge in [0.05, 0.1) is 12.2 Å². The first-order valence-electron chi connectivity index (χ1n) is 5.94. The van der Waals surface area contributed by atoms with Gasteiger partial charge in [-0.15, -0.1) is 5.10 Å². The Labute approximate surface area is 110 Å². The van der Waals surface area contributed by atoms with Gasteiger partial charge < -0.3 is 0 Å². The van der Waals surface area contributed by atoms with Crippen molar-refractivity contribution in [1.29, 1.82) is 0 Å². The molecule has 0 saturated carbocycles. The molecule has 0 aromatic carbocycles. The lowest BCUT2D eigenvalue weighted by Gasteiger charge is -2.16. The Morgan fingerprint density at radius 1 is 1.32 bits per heavy atom. The maximum Gasteiger partial charge on any atom is 0.244 e. The Kier molecular flexibility index (Phi) is 3.03. The molecule has 1 fully saturated rings. The summed E-state index contributed by atoms with van der Waals surface area (Å²) in [4.78, 5) is 4.09. The summed E-state index contributed by atoms with van der Waals surface area (Å²) in [6.45, 7) is 0.905. The van der Waals surface area contributed by atoms with E-state index in [2.05, 4.69) is 15.3 Å². The molecule has 19 heavy (non-hydrogen) atoms. The predicted octanol–water partition coefficient (Wildman–Crippen LogP) is 0.309. The molecule has 0 unspecified atom stereocenters. The van der Waals surface area contributed by atoms with Crippen LogP contribution in [0.5, 0.6) is 0 Å². The average molecular weight is 279 g/mol. The Morgan fingerprint density at radius 3 is 2.89 bits per heavy atom. The summed E-state index contributed by atoms with van der Waals surface area (Å²) in [5.41, 5.74) is 0. The van der Waals surface area contributed by atoms with E-state index in [1.807, 2.05) is 0 Å². The summed E-state index contributed by atoms with van der Waals surface area (Å²) in [5, 5.41) is 7.67. The third-order valence-electron chi connectivity index (χ3n) is 3.21. The molecular formula is C11H13N5O2S. The molecule has 1 aliphatic heterocycles. The number of hydrogen-bond donors (Lipinski definition) is 0. The van der Waals surface area contributed by atoms with Gasteiger partial charge in [0.15, 0.2) is 0 Å². The average Bonchev–Trinajstić information content (AvgIpc) is 3.10. The van der Waals surface area contributed by atoms with Gasteiger partial charge in [-0.25, -0.2) is 13.1 Å². The van der Waals surface area contributed by atoms with Crippen molar-refractivity contribution in [1.82, 2.24) is 24.3 Å². The van der Waals surface area contributed by atoms with Gasteiger partial charge in [-0.05, 0) is 18.6 Å². The number of hydrogen-bond acceptors (Lipinski definition) is 5. The zero-order valence-electron chi connectivity index (χ0n) is 10.1. The van der Waals surface area contributed by atoms with Crippen LogP contribution < -0.4 is 0 Å². The van der Waals surface area contributed by atoms with Crippen LogP contribution in [-0.4, -0.2) is 45.8 Å². The van der Waals surface area contributed by atoms with Crippen LogP contribution in [0.15, 0.2) is 41.8 Å². The minimum atomic E-state index is -3.45. The summed E-state index contributed by atoms with van der Waals surface area (Å²) < 4.78 is 28.0. The van der Waals surface area contributed by atoms with Gasteiger partial charge in [-0.1, -0.05) is 5.21 Å². The smallest absolute Gasteiger partial charge is 0.244 e. The molecule has 1 atom stereocenters. The monoisotopic (exact) mass is 279 g/mol. The SMILES string of the molecule is O=S(=O)(c1cccnc1)N1CC[C@H](n2ccnn2)C1. The second-order valence-electron chi connectivity index (χ2n) is 4.38. The number of aromatic nitrogens is 4. The van der Waals surface area contributed by atoms with Gasteiger partial charge in [-0.3, -0.25) is 4.98 Å². The Hall–Kier alpha value is -1.80. The van der Waals surface area contributed by atoms with Gasteiger partial charge in [-0.2, -0.15) is 4.31 Å². The quantitative estimate of drug-likeness (QED) is 0.807. The van der Waals surface area contributed by atoms with Crippen molar-refractivity contribution in [2.24, 2.45) is 0 Å². The highest BCUT2D eigenvalue weighted by molar-refractivity contribution is 7.89. The molecule has 100 valence electrons. The first-order chi connectivity index (χ1) is 9.18. The van der Waals surface area contributed by atoms with Crippen LogP contribution in [0.2, 0.25) is 0 Å². The van der Waals surface area contributed by atoms with E-state index in [-0.39, 0.29) is 10.9 Å². The first kappa shape index (κ1) is 12.2. The molecule has 8 heteroatoms. The van der Waals surface area contributed by atoms with Crippen LogP contribution in [0.25, 0.3) is 0 Å². The van der Waals surface area contributed by atoms with Gasteiger partial charge in [0, 0.05) is 31.7 Å². The molecular weight excluding hydrogens is 266 g/mol. The number of pyridine rings is 1. The molecule has 2 aromatic heterocycles. The summed E-state index contributed by atoms with van der Waals surface area (Å²) in [6, 6.07) is 3.23. The van der Waals surface area contributed by atoms with E-state index in [1.165, 1.54) is 10.5 Å². The third kappa shape index (κ3) is 2.24. The van der Waals surface area contributed by atoms with Crippen LogP contribution in [-0.2, 0) is 10.0 Å². The summed E-state index contributed by atoms with van der Waals surface area (Å²) in [7, 11) is -3.45. The molecule has 0 aliphatic carbocycles. The number of sulfonamides is 1. The number of nitrogens with zero attached hydrogens (tertiary/aromatic N) is 5. The molecule has 0 bridgehead atoms. The van der Waals surface area contributed by atoms with Crippen LogP contribution in [0.3, 0.4) is 0 Å². The van der Waals surface area contributed by atoms with Gasteiger partial charge in [0.1, 0.15) is 4.90 Å². The van der Waals surface area contributed by atoms with Crippen molar-refractivity contribution in [3.63, 3.8) is 0 Å².